The molecule has 190 valence electrons. The molecule has 0 fully saturated rings. The first-order valence-corrected chi connectivity index (χ1v) is 11.4. The van der Waals surface area contributed by atoms with Crippen LogP contribution in [0.4, 0.5) is 13.2 Å². The van der Waals surface area contributed by atoms with Crippen molar-refractivity contribution < 1.29 is 22.6 Å². The van der Waals surface area contributed by atoms with Gasteiger partial charge in [-0.05, 0) is 36.2 Å². The average molecular weight is 523 g/mol. The van der Waals surface area contributed by atoms with Gasteiger partial charge < -0.3 is 9.47 Å². The fourth-order valence-corrected chi connectivity index (χ4v) is 3.83. The molecule has 4 aromatic rings. The van der Waals surface area contributed by atoms with Crippen molar-refractivity contribution in [1.29, 1.82) is 0 Å². The van der Waals surface area contributed by atoms with Crippen molar-refractivity contribution in [3.63, 3.8) is 0 Å². The minimum Gasteiger partial charge on any atom is -0.425 e. The molecule has 0 bridgehead atoms. The molecule has 0 aliphatic carbocycles. The van der Waals surface area contributed by atoms with E-state index in [1.54, 1.807) is 24.3 Å². The number of halogens is 4. The highest BCUT2D eigenvalue weighted by Gasteiger charge is 2.31. The SMILES string of the molecule is CCCCn1c(=O)c2c(nc(Oc3cccc(OC(F)(F)F)c3)n2Cc2ccc(Cl)cc2)n(C)c1=O. The summed E-state index contributed by atoms with van der Waals surface area (Å²) in [5, 5.41) is 0.525. The highest BCUT2D eigenvalue weighted by Crippen LogP contribution is 2.30. The molecule has 36 heavy (non-hydrogen) atoms. The van der Waals surface area contributed by atoms with E-state index >= 15 is 0 Å². The number of fused-ring (bicyclic) bond motifs is 1. The monoisotopic (exact) mass is 522 g/mol. The molecule has 2 aromatic heterocycles. The minimum absolute atomic E-state index is 0.000667. The predicted octanol–water partition coefficient (Wildman–Crippen LogP) is 5.09. The molecule has 4 rings (SSSR count). The Kier molecular flexibility index (Phi) is 7.11. The number of nitrogens with zero attached hydrogens (tertiary/aromatic N) is 4. The standard InChI is InChI=1S/C24H22ClF3N4O4/c1-3-4-12-31-21(33)19-20(30(2)23(31)34)29-22(32(19)14-15-8-10-16(25)11-9-15)35-17-6-5-7-18(13-17)36-24(26,27)28/h5-11,13H,3-4,12,14H2,1-2H3. The van der Waals surface area contributed by atoms with Crippen LogP contribution in [0.1, 0.15) is 25.3 Å². The molecule has 0 spiro atoms. The first kappa shape index (κ1) is 25.4. The van der Waals surface area contributed by atoms with Crippen LogP contribution in [0, 0.1) is 0 Å². The molecule has 0 radical (unpaired) electrons. The van der Waals surface area contributed by atoms with Crippen molar-refractivity contribution in [2.45, 2.75) is 39.2 Å². The van der Waals surface area contributed by atoms with Crippen LogP contribution in [0.15, 0.2) is 58.1 Å². The number of rotatable bonds is 8. The fourth-order valence-electron chi connectivity index (χ4n) is 3.70. The summed E-state index contributed by atoms with van der Waals surface area (Å²) in [6.45, 7) is 2.31. The normalized spacial score (nSPS) is 11.7. The van der Waals surface area contributed by atoms with E-state index in [1.807, 2.05) is 6.92 Å². The van der Waals surface area contributed by atoms with Crippen LogP contribution in [-0.4, -0.2) is 25.0 Å². The number of benzene rings is 2. The summed E-state index contributed by atoms with van der Waals surface area (Å²) in [4.78, 5) is 30.6. The molecule has 0 unspecified atom stereocenters. The molecule has 0 amide bonds. The Morgan fingerprint density at radius 1 is 1.03 bits per heavy atom. The van der Waals surface area contributed by atoms with Crippen LogP contribution >= 0.6 is 11.6 Å². The Balaban J connectivity index is 1.87. The van der Waals surface area contributed by atoms with E-state index in [1.165, 1.54) is 28.3 Å². The van der Waals surface area contributed by atoms with E-state index in [4.69, 9.17) is 16.3 Å². The molecule has 2 aromatic carbocycles. The summed E-state index contributed by atoms with van der Waals surface area (Å²) >= 11 is 5.99. The molecule has 0 saturated heterocycles. The zero-order chi connectivity index (χ0) is 26.0. The second kappa shape index (κ2) is 10.1. The van der Waals surface area contributed by atoms with Gasteiger partial charge in [0.2, 0.25) is 0 Å². The van der Waals surface area contributed by atoms with Gasteiger partial charge in [-0.3, -0.25) is 18.5 Å². The lowest BCUT2D eigenvalue weighted by molar-refractivity contribution is -0.274. The molecule has 12 heteroatoms. The molecule has 0 atom stereocenters. The summed E-state index contributed by atoms with van der Waals surface area (Å²) in [5.41, 5.74) is -0.0902. The maximum Gasteiger partial charge on any atom is 0.573 e. The number of hydrogen-bond donors (Lipinski definition) is 0. The smallest absolute Gasteiger partial charge is 0.425 e. The summed E-state index contributed by atoms with van der Waals surface area (Å²) < 4.78 is 51.7. The lowest BCUT2D eigenvalue weighted by atomic mass is 10.2. The van der Waals surface area contributed by atoms with E-state index in [-0.39, 0.29) is 36.0 Å². The zero-order valence-corrected chi connectivity index (χ0v) is 20.1. The third-order valence-corrected chi connectivity index (χ3v) is 5.69. The third kappa shape index (κ3) is 5.40. The number of imidazole rings is 1. The van der Waals surface area contributed by atoms with Crippen molar-refractivity contribution in [3.8, 4) is 17.5 Å². The molecule has 0 aliphatic rings. The molecule has 2 heterocycles. The van der Waals surface area contributed by atoms with Crippen LogP contribution < -0.4 is 20.7 Å². The Bertz CT molecular complexity index is 1510. The number of ether oxygens (including phenoxy) is 2. The summed E-state index contributed by atoms with van der Waals surface area (Å²) in [7, 11) is 1.49. The van der Waals surface area contributed by atoms with E-state index in [2.05, 4.69) is 9.72 Å². The van der Waals surface area contributed by atoms with E-state index < -0.39 is 23.4 Å². The fraction of sp³-hybridized carbons (Fsp3) is 0.292. The predicted molar refractivity (Wildman–Crippen MR) is 128 cm³/mol. The van der Waals surface area contributed by atoms with Gasteiger partial charge in [-0.25, -0.2) is 4.79 Å². The Hall–Kier alpha value is -3.73. The maximum atomic E-state index is 13.4. The van der Waals surface area contributed by atoms with Crippen LogP contribution in [0.2, 0.25) is 5.02 Å². The molecular weight excluding hydrogens is 501 g/mol. The second-order valence-electron chi connectivity index (χ2n) is 8.06. The van der Waals surface area contributed by atoms with Gasteiger partial charge in [-0.2, -0.15) is 4.98 Å². The van der Waals surface area contributed by atoms with Crippen molar-refractivity contribution in [2.24, 2.45) is 7.05 Å². The largest absolute Gasteiger partial charge is 0.573 e. The second-order valence-corrected chi connectivity index (χ2v) is 8.49. The van der Waals surface area contributed by atoms with Gasteiger partial charge in [0.15, 0.2) is 11.2 Å². The third-order valence-electron chi connectivity index (χ3n) is 5.43. The van der Waals surface area contributed by atoms with Gasteiger partial charge in [-0.15, -0.1) is 13.2 Å². The summed E-state index contributed by atoms with van der Waals surface area (Å²) in [6.07, 6.45) is -3.47. The number of aryl methyl sites for hydroxylation is 1. The van der Waals surface area contributed by atoms with Crippen molar-refractivity contribution in [3.05, 3.63) is 80.0 Å². The van der Waals surface area contributed by atoms with E-state index in [0.29, 0.717) is 11.4 Å². The quantitative estimate of drug-likeness (QED) is 0.322. The lowest BCUT2D eigenvalue weighted by Crippen LogP contribution is -2.39. The van der Waals surface area contributed by atoms with Gasteiger partial charge in [0.05, 0.1) is 6.54 Å². The van der Waals surface area contributed by atoms with Gasteiger partial charge in [0, 0.05) is 24.7 Å². The van der Waals surface area contributed by atoms with Gasteiger partial charge in [-0.1, -0.05) is 43.1 Å². The summed E-state index contributed by atoms with van der Waals surface area (Å²) in [5.74, 6) is -0.476. The summed E-state index contributed by atoms with van der Waals surface area (Å²) in [6, 6.07) is 11.7. The maximum absolute atomic E-state index is 13.4. The zero-order valence-electron chi connectivity index (χ0n) is 19.4. The lowest BCUT2D eigenvalue weighted by Gasteiger charge is -2.12. The van der Waals surface area contributed by atoms with Crippen LogP contribution in [-0.2, 0) is 20.1 Å². The first-order valence-electron chi connectivity index (χ1n) is 11.1. The van der Waals surface area contributed by atoms with Crippen molar-refractivity contribution in [2.75, 3.05) is 0 Å². The molecule has 0 aliphatic heterocycles. The van der Waals surface area contributed by atoms with Gasteiger partial charge in [0.25, 0.3) is 5.56 Å². The Labute approximate surface area is 208 Å². The Morgan fingerprint density at radius 3 is 2.39 bits per heavy atom. The number of unbranched alkanes of at least 4 members (excludes halogenated alkanes) is 1. The topological polar surface area (TPSA) is 80.3 Å². The van der Waals surface area contributed by atoms with Gasteiger partial charge in [0.1, 0.15) is 11.5 Å². The molecule has 0 saturated carbocycles. The Morgan fingerprint density at radius 2 is 1.72 bits per heavy atom. The molecular formula is C24H22ClF3N4O4. The van der Waals surface area contributed by atoms with Crippen LogP contribution in [0.3, 0.4) is 0 Å². The van der Waals surface area contributed by atoms with E-state index in [9.17, 15) is 22.8 Å². The van der Waals surface area contributed by atoms with Crippen molar-refractivity contribution in [1.82, 2.24) is 18.7 Å². The van der Waals surface area contributed by atoms with E-state index in [0.717, 1.165) is 28.7 Å². The highest BCUT2D eigenvalue weighted by molar-refractivity contribution is 6.30. The minimum atomic E-state index is -4.87. The number of alkyl halides is 3. The molecule has 8 nitrogen and oxygen atoms in total. The van der Waals surface area contributed by atoms with Crippen LogP contribution in [0.5, 0.6) is 17.5 Å². The molecule has 0 N–H and O–H groups in total. The van der Waals surface area contributed by atoms with Crippen molar-refractivity contribution >= 4 is 22.8 Å². The van der Waals surface area contributed by atoms with Gasteiger partial charge >= 0.3 is 18.1 Å². The number of hydrogen-bond acceptors (Lipinski definition) is 5. The number of aromatic nitrogens is 4. The highest BCUT2D eigenvalue weighted by atomic mass is 35.5. The average Bonchev–Trinajstić information content (AvgIpc) is 3.16. The first-order chi connectivity index (χ1) is 17.1. The van der Waals surface area contributed by atoms with Crippen LogP contribution in [0.25, 0.3) is 11.2 Å².